The summed E-state index contributed by atoms with van der Waals surface area (Å²) < 4.78 is 0. The molecule has 0 aromatic carbocycles. The molecule has 0 aromatic heterocycles. The molecule has 0 saturated carbocycles. The summed E-state index contributed by atoms with van der Waals surface area (Å²) in [7, 11) is -1.86. The summed E-state index contributed by atoms with van der Waals surface area (Å²) in [5, 5.41) is 5.24. The lowest BCUT2D eigenvalue weighted by molar-refractivity contribution is 0.511. The van der Waals surface area contributed by atoms with Gasteiger partial charge in [0.1, 0.15) is 0 Å². The second-order valence-corrected chi connectivity index (χ2v) is 5.43. The van der Waals surface area contributed by atoms with Gasteiger partial charge >= 0.3 is 0 Å². The van der Waals surface area contributed by atoms with E-state index >= 15 is 0 Å². The first-order valence-electron chi connectivity index (χ1n) is 2.38. The van der Waals surface area contributed by atoms with Crippen molar-refractivity contribution in [3.8, 4) is 0 Å². The zero-order valence-corrected chi connectivity index (χ0v) is 6.26. The van der Waals surface area contributed by atoms with Gasteiger partial charge in [-0.05, 0) is 5.04 Å². The first kappa shape index (κ1) is 7.14. The highest BCUT2D eigenvalue weighted by molar-refractivity contribution is 6.50. The third-order valence-corrected chi connectivity index (χ3v) is 2.66. The van der Waals surface area contributed by atoms with Gasteiger partial charge in [0.05, 0.1) is 0 Å². The number of rotatable bonds is 0. The highest BCUT2D eigenvalue weighted by Gasteiger charge is 2.19. The van der Waals surface area contributed by atoms with E-state index in [0.717, 1.165) is 0 Å². The maximum absolute atomic E-state index is 8.81. The van der Waals surface area contributed by atoms with Crippen LogP contribution in [0.1, 0.15) is 20.8 Å². The summed E-state index contributed by atoms with van der Waals surface area (Å²) in [5.74, 6) is 0. The lowest BCUT2D eigenvalue weighted by atomic mass is 10.3. The van der Waals surface area contributed by atoms with E-state index in [0.29, 0.717) is 0 Å². The normalized spacial score (nSPS) is 16.7. The average molecular weight is 119 g/mol. The molecule has 0 radical (unpaired) electrons. The van der Waals surface area contributed by atoms with Crippen LogP contribution in [0.4, 0.5) is 0 Å². The topological polar surface area (TPSA) is 46.2 Å². The zero-order valence-electron chi connectivity index (χ0n) is 5.10. The molecule has 2 nitrogen and oxygen atoms in total. The summed E-state index contributed by atoms with van der Waals surface area (Å²) in [5.41, 5.74) is 0. The molecule has 3 heteroatoms. The van der Waals surface area contributed by atoms with E-state index in [1.54, 1.807) is 0 Å². The minimum absolute atomic E-state index is 0.0278. The molecular formula is C4H13NOSi. The van der Waals surface area contributed by atoms with Crippen molar-refractivity contribution in [1.82, 2.24) is 0 Å². The molecule has 0 aliphatic heterocycles. The fourth-order valence-electron chi connectivity index (χ4n) is 0. The lowest BCUT2D eigenvalue weighted by Gasteiger charge is -2.18. The molecule has 0 saturated heterocycles. The maximum atomic E-state index is 8.81. The fraction of sp³-hybridized carbons (Fsp3) is 1.00. The Morgan fingerprint density at radius 2 is 1.57 bits per heavy atom. The minimum atomic E-state index is -1.86. The first-order chi connectivity index (χ1) is 2.94. The van der Waals surface area contributed by atoms with E-state index in [1.165, 1.54) is 0 Å². The Morgan fingerprint density at radius 3 is 1.57 bits per heavy atom. The van der Waals surface area contributed by atoms with Gasteiger partial charge in [0.2, 0.25) is 0 Å². The van der Waals surface area contributed by atoms with Crippen LogP contribution in [0.15, 0.2) is 0 Å². The monoisotopic (exact) mass is 119 g/mol. The Morgan fingerprint density at radius 1 is 1.43 bits per heavy atom. The third kappa shape index (κ3) is 2.79. The molecule has 0 aliphatic rings. The average Bonchev–Trinajstić information content (AvgIpc) is 1.31. The molecule has 0 bridgehead atoms. The van der Waals surface area contributed by atoms with Gasteiger partial charge in [-0.3, -0.25) is 0 Å². The molecule has 1 unspecified atom stereocenters. The summed E-state index contributed by atoms with van der Waals surface area (Å²) in [6, 6.07) is 0. The van der Waals surface area contributed by atoms with Crippen molar-refractivity contribution in [1.29, 1.82) is 0 Å². The summed E-state index contributed by atoms with van der Waals surface area (Å²) in [6.45, 7) is 5.84. The number of hydrogen-bond acceptors (Lipinski definition) is 2. The molecule has 7 heavy (non-hydrogen) atoms. The van der Waals surface area contributed by atoms with Gasteiger partial charge in [0, 0.05) is 0 Å². The van der Waals surface area contributed by atoms with Crippen LogP contribution in [0.2, 0.25) is 5.04 Å². The van der Waals surface area contributed by atoms with Crippen LogP contribution < -0.4 is 5.40 Å². The van der Waals surface area contributed by atoms with Crippen LogP contribution >= 0.6 is 0 Å². The van der Waals surface area contributed by atoms with Gasteiger partial charge in [0.15, 0.2) is 0 Å². The van der Waals surface area contributed by atoms with Crippen LogP contribution in [-0.2, 0) is 0 Å². The molecule has 1 atom stereocenters. The van der Waals surface area contributed by atoms with Crippen molar-refractivity contribution in [2.24, 2.45) is 5.40 Å². The second kappa shape index (κ2) is 1.94. The highest BCUT2D eigenvalue weighted by Crippen LogP contribution is 2.21. The van der Waals surface area contributed by atoms with Crippen molar-refractivity contribution in [3.05, 3.63) is 0 Å². The lowest BCUT2D eigenvalue weighted by Crippen LogP contribution is -2.35. The summed E-state index contributed by atoms with van der Waals surface area (Å²) >= 11 is 0. The van der Waals surface area contributed by atoms with Crippen molar-refractivity contribution in [2.75, 3.05) is 0 Å². The van der Waals surface area contributed by atoms with Crippen LogP contribution in [0.3, 0.4) is 0 Å². The molecule has 0 amide bonds. The zero-order chi connectivity index (χ0) is 6.08. The second-order valence-electron chi connectivity index (χ2n) is 2.81. The highest BCUT2D eigenvalue weighted by atomic mass is 28.3. The van der Waals surface area contributed by atoms with Crippen LogP contribution in [0.5, 0.6) is 0 Å². The Hall–Kier alpha value is 0.137. The van der Waals surface area contributed by atoms with Crippen molar-refractivity contribution >= 4 is 9.20 Å². The van der Waals surface area contributed by atoms with E-state index in [2.05, 4.69) is 0 Å². The standard InChI is InChI=1S/C4H13NOSi/c1-4(2,3)7(5)6/h6-7H,5H2,1-3H3. The molecule has 44 valence electrons. The molecule has 0 fully saturated rings. The fourth-order valence-corrected chi connectivity index (χ4v) is 0. The van der Waals surface area contributed by atoms with Gasteiger partial charge in [-0.1, -0.05) is 20.8 Å². The Labute approximate surface area is 46.1 Å². The Balaban J connectivity index is 3.54. The van der Waals surface area contributed by atoms with Gasteiger partial charge in [-0.25, -0.2) is 0 Å². The van der Waals surface area contributed by atoms with Gasteiger partial charge in [-0.15, -0.1) is 0 Å². The minimum Gasteiger partial charge on any atom is -0.421 e. The van der Waals surface area contributed by atoms with E-state index in [9.17, 15) is 0 Å². The largest absolute Gasteiger partial charge is 0.421 e. The molecule has 3 N–H and O–H groups in total. The molecule has 0 aliphatic carbocycles. The first-order valence-corrected chi connectivity index (χ1v) is 4.14. The van der Waals surface area contributed by atoms with E-state index in [1.807, 2.05) is 20.8 Å². The molecule has 0 rings (SSSR count). The predicted molar refractivity (Wildman–Crippen MR) is 33.3 cm³/mol. The van der Waals surface area contributed by atoms with E-state index in [4.69, 9.17) is 10.2 Å². The molecule has 0 aromatic rings. The smallest absolute Gasteiger partial charge is 0.251 e. The quantitative estimate of drug-likeness (QED) is 0.439. The SMILES string of the molecule is CC(C)(C)[SiH](N)O. The van der Waals surface area contributed by atoms with E-state index in [-0.39, 0.29) is 5.04 Å². The van der Waals surface area contributed by atoms with E-state index < -0.39 is 9.20 Å². The molecular weight excluding hydrogens is 106 g/mol. The van der Waals surface area contributed by atoms with Gasteiger partial charge in [0.25, 0.3) is 9.20 Å². The molecule has 0 spiro atoms. The number of hydrogen-bond donors (Lipinski definition) is 2. The van der Waals surface area contributed by atoms with Crippen LogP contribution in [0, 0.1) is 0 Å². The number of nitrogens with two attached hydrogens (primary N) is 1. The Kier molecular flexibility index (Phi) is 1.98. The Bertz CT molecular complexity index is 57.2. The van der Waals surface area contributed by atoms with Crippen molar-refractivity contribution in [3.63, 3.8) is 0 Å². The maximum Gasteiger partial charge on any atom is 0.251 e. The predicted octanol–water partition coefficient (Wildman–Crippen LogP) is -0.0420. The summed E-state index contributed by atoms with van der Waals surface area (Å²) in [4.78, 5) is 8.81. The van der Waals surface area contributed by atoms with Gasteiger partial charge in [-0.2, -0.15) is 0 Å². The van der Waals surface area contributed by atoms with Crippen LogP contribution in [0.25, 0.3) is 0 Å². The van der Waals surface area contributed by atoms with Crippen LogP contribution in [-0.4, -0.2) is 14.0 Å². The third-order valence-electron chi connectivity index (χ3n) is 0.887. The molecule has 0 heterocycles. The summed E-state index contributed by atoms with van der Waals surface area (Å²) in [6.07, 6.45) is 0. The van der Waals surface area contributed by atoms with Gasteiger partial charge < -0.3 is 10.2 Å². The van der Waals surface area contributed by atoms with Crippen molar-refractivity contribution in [2.45, 2.75) is 25.8 Å². The van der Waals surface area contributed by atoms with Crippen molar-refractivity contribution < 1.29 is 4.80 Å².